The lowest BCUT2D eigenvalue weighted by molar-refractivity contribution is -0.121. The van der Waals surface area contributed by atoms with Crippen molar-refractivity contribution in [3.8, 4) is 0 Å². The maximum atomic E-state index is 11.8. The van der Waals surface area contributed by atoms with Crippen molar-refractivity contribution >= 4 is 11.9 Å². The van der Waals surface area contributed by atoms with Crippen LogP contribution in [0.25, 0.3) is 0 Å². The highest BCUT2D eigenvalue weighted by atomic mass is 16.2. The average Bonchev–Trinajstić information content (AvgIpc) is 3.00. The lowest BCUT2D eigenvalue weighted by Crippen LogP contribution is -2.52. The van der Waals surface area contributed by atoms with Crippen LogP contribution in [0.4, 0.5) is 4.79 Å². The smallest absolute Gasteiger partial charge is 0.321 e. The molecule has 0 unspecified atom stereocenters. The van der Waals surface area contributed by atoms with Gasteiger partial charge in [0.05, 0.1) is 6.54 Å². The molecular weight excluding hydrogens is 268 g/mol. The predicted octanol–water partition coefficient (Wildman–Crippen LogP) is 0.782. The first-order chi connectivity index (χ1) is 10.2. The van der Waals surface area contributed by atoms with Crippen molar-refractivity contribution in [1.82, 2.24) is 20.4 Å². The van der Waals surface area contributed by atoms with Crippen molar-refractivity contribution in [2.24, 2.45) is 0 Å². The monoisotopic (exact) mass is 296 g/mol. The number of carbonyl (C=O) groups excluding carboxylic acids is 2. The van der Waals surface area contributed by atoms with Gasteiger partial charge in [0.1, 0.15) is 0 Å². The number of amides is 3. The normalized spacial score (nSPS) is 21.4. The zero-order valence-electron chi connectivity index (χ0n) is 13.1. The van der Waals surface area contributed by atoms with Crippen molar-refractivity contribution < 1.29 is 9.59 Å². The van der Waals surface area contributed by atoms with Gasteiger partial charge in [0.25, 0.3) is 0 Å². The highest BCUT2D eigenvalue weighted by Crippen LogP contribution is 2.24. The number of nitrogens with zero attached hydrogens (tertiary/aromatic N) is 2. The first-order valence-electron chi connectivity index (χ1n) is 8.23. The number of rotatable bonds is 5. The molecule has 6 nitrogen and oxygen atoms in total. The number of carbonyl (C=O) groups is 2. The fourth-order valence-corrected chi connectivity index (χ4v) is 3.21. The second-order valence-electron chi connectivity index (χ2n) is 6.05. The highest BCUT2D eigenvalue weighted by Gasteiger charge is 2.26. The average molecular weight is 296 g/mol. The van der Waals surface area contributed by atoms with E-state index in [1.165, 1.54) is 25.7 Å². The Morgan fingerprint density at radius 3 is 2.38 bits per heavy atom. The molecule has 1 heterocycles. The van der Waals surface area contributed by atoms with Gasteiger partial charge in [-0.2, -0.15) is 0 Å². The highest BCUT2D eigenvalue weighted by molar-refractivity contribution is 5.95. The van der Waals surface area contributed by atoms with Crippen LogP contribution in [0.1, 0.15) is 39.0 Å². The zero-order valence-corrected chi connectivity index (χ0v) is 13.1. The van der Waals surface area contributed by atoms with Gasteiger partial charge in [-0.25, -0.2) is 4.79 Å². The molecule has 2 fully saturated rings. The van der Waals surface area contributed by atoms with Crippen LogP contribution >= 0.6 is 0 Å². The summed E-state index contributed by atoms with van der Waals surface area (Å²) >= 11 is 0. The molecule has 0 spiro atoms. The van der Waals surface area contributed by atoms with Crippen LogP contribution < -0.4 is 10.6 Å². The third kappa shape index (κ3) is 5.28. The van der Waals surface area contributed by atoms with Gasteiger partial charge in [-0.15, -0.1) is 0 Å². The standard InChI is InChI=1S/C15H28N4O2/c1-2-7-16-15(21)17-14(20)12-18-8-10-19(11-9-18)13-5-3-4-6-13/h13H,2-12H2,1H3,(H2,16,17,20,21). The molecule has 3 amide bonds. The summed E-state index contributed by atoms with van der Waals surface area (Å²) in [5.41, 5.74) is 0. The molecule has 0 bridgehead atoms. The molecule has 6 heteroatoms. The van der Waals surface area contributed by atoms with E-state index in [-0.39, 0.29) is 11.9 Å². The van der Waals surface area contributed by atoms with E-state index in [0.29, 0.717) is 13.1 Å². The maximum absolute atomic E-state index is 11.8. The summed E-state index contributed by atoms with van der Waals surface area (Å²) in [6.45, 7) is 6.81. The first-order valence-corrected chi connectivity index (χ1v) is 8.23. The van der Waals surface area contributed by atoms with Crippen molar-refractivity contribution in [3.63, 3.8) is 0 Å². The van der Waals surface area contributed by atoms with Gasteiger partial charge >= 0.3 is 6.03 Å². The summed E-state index contributed by atoms with van der Waals surface area (Å²) in [6.07, 6.45) is 6.25. The Morgan fingerprint density at radius 2 is 1.76 bits per heavy atom. The number of hydrogen-bond donors (Lipinski definition) is 2. The number of urea groups is 1. The Hall–Kier alpha value is -1.14. The van der Waals surface area contributed by atoms with Crippen LogP contribution in [0.5, 0.6) is 0 Å². The lowest BCUT2D eigenvalue weighted by atomic mass is 10.2. The van der Waals surface area contributed by atoms with Crippen LogP contribution in [-0.4, -0.2) is 67.0 Å². The quantitative estimate of drug-likeness (QED) is 0.787. The topological polar surface area (TPSA) is 64.7 Å². The Balaban J connectivity index is 1.63. The molecule has 0 aromatic heterocycles. The maximum Gasteiger partial charge on any atom is 0.321 e. The summed E-state index contributed by atoms with van der Waals surface area (Å²) in [6, 6.07) is 0.382. The van der Waals surface area contributed by atoms with Crippen LogP contribution in [0, 0.1) is 0 Å². The van der Waals surface area contributed by atoms with Crippen molar-refractivity contribution in [2.45, 2.75) is 45.1 Å². The second kappa shape index (κ2) is 8.34. The molecule has 2 rings (SSSR count). The van der Waals surface area contributed by atoms with Gasteiger partial charge in [0.2, 0.25) is 5.91 Å². The number of nitrogens with one attached hydrogen (secondary N) is 2. The third-order valence-electron chi connectivity index (χ3n) is 4.40. The van der Waals surface area contributed by atoms with Crippen molar-refractivity contribution in [2.75, 3.05) is 39.3 Å². The third-order valence-corrected chi connectivity index (χ3v) is 4.40. The lowest BCUT2D eigenvalue weighted by Gasteiger charge is -2.37. The van der Waals surface area contributed by atoms with Gasteiger partial charge in [-0.1, -0.05) is 19.8 Å². The summed E-state index contributed by atoms with van der Waals surface area (Å²) in [4.78, 5) is 27.9. The van der Waals surface area contributed by atoms with E-state index in [1.807, 2.05) is 6.92 Å². The Morgan fingerprint density at radius 1 is 1.10 bits per heavy atom. The summed E-state index contributed by atoms with van der Waals surface area (Å²) in [7, 11) is 0. The Bertz CT molecular complexity index is 348. The van der Waals surface area contributed by atoms with E-state index in [2.05, 4.69) is 20.4 Å². The van der Waals surface area contributed by atoms with Crippen LogP contribution in [-0.2, 0) is 4.79 Å². The van der Waals surface area contributed by atoms with E-state index < -0.39 is 0 Å². The van der Waals surface area contributed by atoms with Crippen molar-refractivity contribution in [3.05, 3.63) is 0 Å². The van der Waals surface area contributed by atoms with E-state index in [9.17, 15) is 9.59 Å². The zero-order chi connectivity index (χ0) is 15.1. The Kier molecular flexibility index (Phi) is 6.45. The molecular formula is C15H28N4O2. The molecule has 120 valence electrons. The minimum Gasteiger partial charge on any atom is -0.338 e. The summed E-state index contributed by atoms with van der Waals surface area (Å²) < 4.78 is 0. The Labute approximate surface area is 127 Å². The molecule has 0 atom stereocenters. The first kappa shape index (κ1) is 16.2. The van der Waals surface area contributed by atoms with E-state index >= 15 is 0 Å². The van der Waals surface area contributed by atoms with Gasteiger partial charge in [0.15, 0.2) is 0 Å². The number of hydrogen-bond acceptors (Lipinski definition) is 4. The molecule has 1 saturated carbocycles. The van der Waals surface area contributed by atoms with Gasteiger partial charge in [0, 0.05) is 38.8 Å². The van der Waals surface area contributed by atoms with E-state index in [1.54, 1.807) is 0 Å². The summed E-state index contributed by atoms with van der Waals surface area (Å²) in [5.74, 6) is -0.210. The summed E-state index contributed by atoms with van der Waals surface area (Å²) in [5, 5.41) is 5.03. The van der Waals surface area contributed by atoms with Crippen LogP contribution in [0.15, 0.2) is 0 Å². The molecule has 1 saturated heterocycles. The SMILES string of the molecule is CCCNC(=O)NC(=O)CN1CCN(C2CCCC2)CC1. The molecule has 1 aliphatic heterocycles. The largest absolute Gasteiger partial charge is 0.338 e. The molecule has 2 aliphatic rings. The second-order valence-corrected chi connectivity index (χ2v) is 6.05. The molecule has 21 heavy (non-hydrogen) atoms. The fraction of sp³-hybridized carbons (Fsp3) is 0.867. The molecule has 0 aromatic rings. The van der Waals surface area contributed by atoms with Gasteiger partial charge in [-0.3, -0.25) is 19.9 Å². The van der Waals surface area contributed by atoms with Gasteiger partial charge < -0.3 is 5.32 Å². The minimum absolute atomic E-state index is 0.210. The molecule has 2 N–H and O–H groups in total. The molecule has 0 aromatic carbocycles. The number of imide groups is 1. The van der Waals surface area contributed by atoms with Crippen molar-refractivity contribution in [1.29, 1.82) is 0 Å². The van der Waals surface area contributed by atoms with Crippen LogP contribution in [0.3, 0.4) is 0 Å². The predicted molar refractivity (Wildman–Crippen MR) is 82.1 cm³/mol. The van der Waals surface area contributed by atoms with Crippen LogP contribution in [0.2, 0.25) is 0 Å². The van der Waals surface area contributed by atoms with E-state index in [0.717, 1.165) is 38.6 Å². The molecule has 1 aliphatic carbocycles. The van der Waals surface area contributed by atoms with E-state index in [4.69, 9.17) is 0 Å². The minimum atomic E-state index is -0.383. The van der Waals surface area contributed by atoms with Gasteiger partial charge in [-0.05, 0) is 19.3 Å². The fourth-order valence-electron chi connectivity index (χ4n) is 3.21. The molecule has 0 radical (unpaired) electrons. The number of piperazine rings is 1.